The Kier molecular flexibility index (Phi) is 4.20. The van der Waals surface area contributed by atoms with Gasteiger partial charge in [0.2, 0.25) is 0 Å². The molecule has 2 rings (SSSR count). The number of methoxy groups -OCH3 is 2. The van der Waals surface area contributed by atoms with E-state index in [2.05, 4.69) is 5.32 Å². The monoisotopic (exact) mass is 296 g/mol. The zero-order chi connectivity index (χ0) is 14.7. The first-order chi connectivity index (χ1) is 9.55. The predicted octanol–water partition coefficient (Wildman–Crippen LogP) is 3.82. The molecule has 0 unspecified atom stereocenters. The van der Waals surface area contributed by atoms with Gasteiger partial charge in [0.1, 0.15) is 17.3 Å². The van der Waals surface area contributed by atoms with Crippen molar-refractivity contribution in [3.05, 3.63) is 41.2 Å². The molecule has 4 nitrogen and oxygen atoms in total. The first-order valence-corrected chi connectivity index (χ1v) is 6.16. The standard InChI is InChI=1S/C14H14ClFN2O2/c1-19-8-3-4-14(20-2)13(5-8)18-12-7-10(16)9(15)6-11(12)17/h3-7,18H,17H2,1-2H3. The third-order valence-electron chi connectivity index (χ3n) is 2.77. The Labute approximate surface area is 121 Å². The Hall–Kier alpha value is -2.14. The number of ether oxygens (including phenoxy) is 2. The van der Waals surface area contributed by atoms with Crippen molar-refractivity contribution in [3.8, 4) is 11.5 Å². The van der Waals surface area contributed by atoms with Crippen molar-refractivity contribution in [2.75, 3.05) is 25.3 Å². The van der Waals surface area contributed by atoms with E-state index in [1.807, 2.05) is 0 Å². The van der Waals surface area contributed by atoms with E-state index in [1.165, 1.54) is 12.1 Å². The fourth-order valence-corrected chi connectivity index (χ4v) is 1.90. The Morgan fingerprint density at radius 1 is 1.10 bits per heavy atom. The molecule has 0 amide bonds. The van der Waals surface area contributed by atoms with Crippen molar-refractivity contribution >= 4 is 28.7 Å². The highest BCUT2D eigenvalue weighted by molar-refractivity contribution is 6.31. The third kappa shape index (κ3) is 2.88. The van der Waals surface area contributed by atoms with E-state index in [-0.39, 0.29) is 5.02 Å². The van der Waals surface area contributed by atoms with Gasteiger partial charge in [-0.15, -0.1) is 0 Å². The van der Waals surface area contributed by atoms with Gasteiger partial charge in [0.25, 0.3) is 0 Å². The molecule has 0 fully saturated rings. The van der Waals surface area contributed by atoms with Gasteiger partial charge in [0, 0.05) is 12.1 Å². The largest absolute Gasteiger partial charge is 0.497 e. The topological polar surface area (TPSA) is 56.5 Å². The van der Waals surface area contributed by atoms with Crippen molar-refractivity contribution in [1.29, 1.82) is 0 Å². The number of nitrogens with two attached hydrogens (primary N) is 1. The van der Waals surface area contributed by atoms with Gasteiger partial charge in [0.05, 0.1) is 36.3 Å². The lowest BCUT2D eigenvalue weighted by atomic mass is 10.2. The SMILES string of the molecule is COc1ccc(OC)c(Nc2cc(F)c(Cl)cc2N)c1. The quantitative estimate of drug-likeness (QED) is 0.842. The van der Waals surface area contributed by atoms with Crippen LogP contribution in [-0.2, 0) is 0 Å². The van der Waals surface area contributed by atoms with Crippen LogP contribution in [0.1, 0.15) is 0 Å². The van der Waals surface area contributed by atoms with Crippen LogP contribution >= 0.6 is 11.6 Å². The molecule has 6 heteroatoms. The fourth-order valence-electron chi connectivity index (χ4n) is 1.73. The molecular formula is C14H14ClFN2O2. The summed E-state index contributed by atoms with van der Waals surface area (Å²) in [7, 11) is 3.10. The molecule has 0 atom stereocenters. The van der Waals surface area contributed by atoms with Gasteiger partial charge in [-0.2, -0.15) is 0 Å². The Morgan fingerprint density at radius 2 is 1.85 bits per heavy atom. The molecule has 106 valence electrons. The molecule has 20 heavy (non-hydrogen) atoms. The van der Waals surface area contributed by atoms with Crippen LogP contribution in [0, 0.1) is 5.82 Å². The minimum atomic E-state index is -0.551. The van der Waals surface area contributed by atoms with Crippen molar-refractivity contribution in [2.24, 2.45) is 0 Å². The average molecular weight is 297 g/mol. The highest BCUT2D eigenvalue weighted by atomic mass is 35.5. The zero-order valence-electron chi connectivity index (χ0n) is 11.0. The van der Waals surface area contributed by atoms with Gasteiger partial charge >= 0.3 is 0 Å². The summed E-state index contributed by atoms with van der Waals surface area (Å²) in [5.41, 5.74) is 7.16. The number of nitrogens with one attached hydrogen (secondary N) is 1. The van der Waals surface area contributed by atoms with E-state index >= 15 is 0 Å². The Bertz CT molecular complexity index is 635. The molecular weight excluding hydrogens is 283 g/mol. The fraction of sp³-hybridized carbons (Fsp3) is 0.143. The molecule has 0 bridgehead atoms. The molecule has 3 N–H and O–H groups in total. The van der Waals surface area contributed by atoms with E-state index in [0.717, 1.165) is 0 Å². The number of hydrogen-bond acceptors (Lipinski definition) is 4. The third-order valence-corrected chi connectivity index (χ3v) is 3.06. The van der Waals surface area contributed by atoms with Crippen molar-refractivity contribution < 1.29 is 13.9 Å². The van der Waals surface area contributed by atoms with E-state index in [1.54, 1.807) is 32.4 Å². The molecule has 2 aromatic rings. The van der Waals surface area contributed by atoms with Crippen molar-refractivity contribution in [1.82, 2.24) is 0 Å². The second kappa shape index (κ2) is 5.88. The van der Waals surface area contributed by atoms with Gasteiger partial charge in [-0.1, -0.05) is 11.6 Å². The van der Waals surface area contributed by atoms with E-state index < -0.39 is 5.82 Å². The normalized spacial score (nSPS) is 10.2. The Balaban J connectivity index is 2.41. The molecule has 0 heterocycles. The number of hydrogen-bond donors (Lipinski definition) is 2. The molecule has 0 aliphatic carbocycles. The van der Waals surface area contributed by atoms with Gasteiger partial charge in [-0.3, -0.25) is 0 Å². The highest BCUT2D eigenvalue weighted by Crippen LogP contribution is 2.34. The maximum atomic E-state index is 13.5. The molecule has 0 spiro atoms. The molecule has 0 aliphatic rings. The molecule has 0 saturated carbocycles. The first-order valence-electron chi connectivity index (χ1n) is 5.78. The summed E-state index contributed by atoms with van der Waals surface area (Å²) in [6, 6.07) is 7.81. The minimum absolute atomic E-state index is 0.0225. The summed E-state index contributed by atoms with van der Waals surface area (Å²) in [5.74, 6) is 0.673. The molecule has 0 radical (unpaired) electrons. The van der Waals surface area contributed by atoms with Crippen LogP contribution in [0.15, 0.2) is 30.3 Å². The lowest BCUT2D eigenvalue weighted by molar-refractivity contribution is 0.405. The van der Waals surface area contributed by atoms with Gasteiger partial charge < -0.3 is 20.5 Å². The second-order valence-electron chi connectivity index (χ2n) is 4.04. The lowest BCUT2D eigenvalue weighted by Crippen LogP contribution is -2.00. The number of rotatable bonds is 4. The summed E-state index contributed by atoms with van der Waals surface area (Å²) in [4.78, 5) is 0. The van der Waals surface area contributed by atoms with Crippen LogP contribution in [0.25, 0.3) is 0 Å². The van der Waals surface area contributed by atoms with Crippen LogP contribution in [0.4, 0.5) is 21.5 Å². The van der Waals surface area contributed by atoms with Crippen LogP contribution in [0.3, 0.4) is 0 Å². The highest BCUT2D eigenvalue weighted by Gasteiger charge is 2.10. The number of nitrogen functional groups attached to an aromatic ring is 1. The first kappa shape index (κ1) is 14.3. The average Bonchev–Trinajstić information content (AvgIpc) is 2.44. The van der Waals surface area contributed by atoms with Gasteiger partial charge in [0.15, 0.2) is 0 Å². The van der Waals surface area contributed by atoms with Crippen molar-refractivity contribution in [3.63, 3.8) is 0 Å². The van der Waals surface area contributed by atoms with Crippen molar-refractivity contribution in [2.45, 2.75) is 0 Å². The van der Waals surface area contributed by atoms with E-state index in [0.29, 0.717) is 28.6 Å². The smallest absolute Gasteiger partial charge is 0.144 e. The number of benzene rings is 2. The summed E-state index contributed by atoms with van der Waals surface area (Å²) >= 11 is 5.67. The minimum Gasteiger partial charge on any atom is -0.497 e. The maximum Gasteiger partial charge on any atom is 0.144 e. The molecule has 0 aliphatic heterocycles. The van der Waals surface area contributed by atoms with Crippen LogP contribution in [0.5, 0.6) is 11.5 Å². The molecule has 0 saturated heterocycles. The van der Waals surface area contributed by atoms with E-state index in [4.69, 9.17) is 26.8 Å². The van der Waals surface area contributed by atoms with E-state index in [9.17, 15) is 4.39 Å². The summed E-state index contributed by atoms with van der Waals surface area (Å²) < 4.78 is 23.9. The van der Waals surface area contributed by atoms with Gasteiger partial charge in [-0.05, 0) is 18.2 Å². The van der Waals surface area contributed by atoms with Gasteiger partial charge in [-0.25, -0.2) is 4.39 Å². The predicted molar refractivity (Wildman–Crippen MR) is 78.7 cm³/mol. The summed E-state index contributed by atoms with van der Waals surface area (Å²) in [5, 5.41) is 2.98. The maximum absolute atomic E-state index is 13.5. The zero-order valence-corrected chi connectivity index (χ0v) is 11.8. The molecule has 0 aromatic heterocycles. The van der Waals surface area contributed by atoms with Crippen LogP contribution in [-0.4, -0.2) is 14.2 Å². The lowest BCUT2D eigenvalue weighted by Gasteiger charge is -2.14. The number of anilines is 3. The number of halogens is 2. The van der Waals surface area contributed by atoms with Crippen LogP contribution < -0.4 is 20.5 Å². The summed E-state index contributed by atoms with van der Waals surface area (Å²) in [6.07, 6.45) is 0. The van der Waals surface area contributed by atoms with Crippen LogP contribution in [0.2, 0.25) is 5.02 Å². The summed E-state index contributed by atoms with van der Waals surface area (Å²) in [6.45, 7) is 0. The second-order valence-corrected chi connectivity index (χ2v) is 4.45. The Morgan fingerprint density at radius 3 is 2.50 bits per heavy atom. The molecule has 2 aromatic carbocycles.